The molecule has 1 aromatic carbocycles. The average Bonchev–Trinajstić information content (AvgIpc) is 2.49. The van der Waals surface area contributed by atoms with Crippen LogP contribution in [-0.2, 0) is 11.3 Å². The highest BCUT2D eigenvalue weighted by Gasteiger charge is 2.38. The van der Waals surface area contributed by atoms with Crippen molar-refractivity contribution in [2.45, 2.75) is 24.9 Å². The van der Waals surface area contributed by atoms with Crippen LogP contribution in [0, 0.1) is 5.82 Å². The molecule has 1 spiro atoms. The highest BCUT2D eigenvalue weighted by molar-refractivity contribution is 5.92. The number of halogens is 1. The third-order valence-electron chi connectivity index (χ3n) is 4.02. The summed E-state index contributed by atoms with van der Waals surface area (Å²) in [6.45, 7) is 3.92. The lowest BCUT2D eigenvalue weighted by Gasteiger charge is -2.41. The quantitative estimate of drug-likeness (QED) is 0.860. The second-order valence-electron chi connectivity index (χ2n) is 5.33. The molecule has 1 aromatic rings. The minimum Gasteiger partial charge on any atom is -0.381 e. The molecule has 1 fully saturated rings. The first-order valence-corrected chi connectivity index (χ1v) is 7.15. The molecule has 0 unspecified atom stereocenters. The smallest absolute Gasteiger partial charge is 0.123 e. The van der Waals surface area contributed by atoms with E-state index in [2.05, 4.69) is 15.6 Å². The molecule has 4 nitrogen and oxygen atoms in total. The molecule has 0 radical (unpaired) electrons. The molecule has 0 saturated carbocycles. The van der Waals surface area contributed by atoms with Crippen LogP contribution in [-0.4, -0.2) is 37.7 Å². The second-order valence-corrected chi connectivity index (χ2v) is 5.33. The summed E-state index contributed by atoms with van der Waals surface area (Å²) in [6.07, 6.45) is 1.89. The molecule has 5 heteroatoms. The molecule has 2 aliphatic rings. The Hall–Kier alpha value is -1.46. The van der Waals surface area contributed by atoms with E-state index < -0.39 is 0 Å². The molecule has 1 saturated heterocycles. The van der Waals surface area contributed by atoms with Gasteiger partial charge in [-0.25, -0.2) is 4.39 Å². The Labute approximate surface area is 118 Å². The molecular formula is C15H20FN3O. The Morgan fingerprint density at radius 2 is 2.00 bits per heavy atom. The van der Waals surface area contributed by atoms with Crippen LogP contribution in [0.1, 0.15) is 18.4 Å². The first-order valence-electron chi connectivity index (χ1n) is 7.15. The van der Waals surface area contributed by atoms with E-state index in [0.717, 1.165) is 50.5 Å². The van der Waals surface area contributed by atoms with E-state index in [1.165, 1.54) is 12.1 Å². The van der Waals surface area contributed by atoms with Crippen LogP contribution in [0.4, 0.5) is 4.39 Å². The Kier molecular flexibility index (Phi) is 3.98. The molecule has 2 aliphatic heterocycles. The van der Waals surface area contributed by atoms with Gasteiger partial charge >= 0.3 is 0 Å². The summed E-state index contributed by atoms with van der Waals surface area (Å²) in [6, 6.07) is 6.58. The van der Waals surface area contributed by atoms with Crippen molar-refractivity contribution in [2.24, 2.45) is 4.99 Å². The predicted octanol–water partition coefficient (Wildman–Crippen LogP) is 1.47. The van der Waals surface area contributed by atoms with Crippen molar-refractivity contribution < 1.29 is 9.13 Å². The zero-order chi connectivity index (χ0) is 13.8. The van der Waals surface area contributed by atoms with Gasteiger partial charge in [0.2, 0.25) is 0 Å². The maximum Gasteiger partial charge on any atom is 0.123 e. The van der Waals surface area contributed by atoms with Crippen molar-refractivity contribution in [3.05, 3.63) is 35.6 Å². The molecule has 0 aliphatic carbocycles. The number of hydrogen-bond donors (Lipinski definition) is 2. The molecule has 2 N–H and O–H groups in total. The number of amidine groups is 1. The van der Waals surface area contributed by atoms with Crippen molar-refractivity contribution in [3.63, 3.8) is 0 Å². The van der Waals surface area contributed by atoms with E-state index in [4.69, 9.17) is 4.74 Å². The normalized spacial score (nSPS) is 21.6. The van der Waals surface area contributed by atoms with E-state index >= 15 is 0 Å². The molecule has 0 atom stereocenters. The van der Waals surface area contributed by atoms with Gasteiger partial charge in [-0.05, 0) is 30.5 Å². The Morgan fingerprint density at radius 1 is 1.25 bits per heavy atom. The summed E-state index contributed by atoms with van der Waals surface area (Å²) < 4.78 is 18.4. The standard InChI is InChI=1S/C15H20FN3O/c16-13-3-1-12(2-4-13)11-18-14-15(19-8-7-17-14)5-9-20-10-6-15/h1-4,19H,5-11H2,(H,17,18). The molecule has 0 aromatic heterocycles. The van der Waals surface area contributed by atoms with Crippen LogP contribution in [0.5, 0.6) is 0 Å². The zero-order valence-corrected chi connectivity index (χ0v) is 11.5. The molecule has 20 heavy (non-hydrogen) atoms. The third kappa shape index (κ3) is 2.83. The van der Waals surface area contributed by atoms with Crippen LogP contribution in [0.15, 0.2) is 29.3 Å². The monoisotopic (exact) mass is 277 g/mol. The fourth-order valence-electron chi connectivity index (χ4n) is 2.84. The number of hydrogen-bond acceptors (Lipinski definition) is 4. The summed E-state index contributed by atoms with van der Waals surface area (Å²) in [4.78, 5) is 4.65. The fourth-order valence-corrected chi connectivity index (χ4v) is 2.84. The maximum atomic E-state index is 12.9. The van der Waals surface area contributed by atoms with Crippen molar-refractivity contribution in [1.29, 1.82) is 0 Å². The van der Waals surface area contributed by atoms with Gasteiger partial charge in [0.15, 0.2) is 0 Å². The van der Waals surface area contributed by atoms with Gasteiger partial charge in [0.1, 0.15) is 11.7 Å². The third-order valence-corrected chi connectivity index (χ3v) is 4.02. The lowest BCUT2D eigenvalue weighted by molar-refractivity contribution is 0.0595. The van der Waals surface area contributed by atoms with Crippen LogP contribution < -0.4 is 10.6 Å². The molecule has 108 valence electrons. The predicted molar refractivity (Wildman–Crippen MR) is 76.3 cm³/mol. The minimum atomic E-state index is -0.202. The number of benzene rings is 1. The van der Waals surface area contributed by atoms with Crippen molar-refractivity contribution in [1.82, 2.24) is 10.6 Å². The van der Waals surface area contributed by atoms with E-state index in [1.807, 2.05) is 0 Å². The Morgan fingerprint density at radius 3 is 2.75 bits per heavy atom. The maximum absolute atomic E-state index is 12.9. The van der Waals surface area contributed by atoms with Crippen LogP contribution in [0.3, 0.4) is 0 Å². The number of rotatable bonds is 2. The lowest BCUT2D eigenvalue weighted by Crippen LogP contribution is -2.62. The largest absolute Gasteiger partial charge is 0.381 e. The molecule has 2 heterocycles. The summed E-state index contributed by atoms with van der Waals surface area (Å²) >= 11 is 0. The molecule has 3 rings (SSSR count). The number of aliphatic imine (C=N–C) groups is 1. The topological polar surface area (TPSA) is 45.7 Å². The Bertz CT molecular complexity index is 480. The van der Waals surface area contributed by atoms with Gasteiger partial charge < -0.3 is 15.4 Å². The van der Waals surface area contributed by atoms with E-state index in [0.29, 0.717) is 6.54 Å². The van der Waals surface area contributed by atoms with Gasteiger partial charge in [0, 0.05) is 26.3 Å². The summed E-state index contributed by atoms with van der Waals surface area (Å²) in [5.74, 6) is 0.822. The fraction of sp³-hybridized carbons (Fsp3) is 0.533. The number of nitrogens with one attached hydrogen (secondary N) is 2. The highest BCUT2D eigenvalue weighted by Crippen LogP contribution is 2.23. The number of nitrogens with zero attached hydrogens (tertiary/aromatic N) is 1. The SMILES string of the molecule is Fc1ccc(CNC2=NCCNC23CCOCC3)cc1. The molecule has 0 amide bonds. The molecule has 0 bridgehead atoms. The zero-order valence-electron chi connectivity index (χ0n) is 11.5. The van der Waals surface area contributed by atoms with Gasteiger partial charge in [-0.15, -0.1) is 0 Å². The highest BCUT2D eigenvalue weighted by atomic mass is 19.1. The molecular weight excluding hydrogens is 257 g/mol. The van der Waals surface area contributed by atoms with Gasteiger partial charge in [0.05, 0.1) is 12.1 Å². The van der Waals surface area contributed by atoms with Gasteiger partial charge in [-0.1, -0.05) is 12.1 Å². The van der Waals surface area contributed by atoms with Crippen molar-refractivity contribution in [3.8, 4) is 0 Å². The van der Waals surface area contributed by atoms with Crippen molar-refractivity contribution in [2.75, 3.05) is 26.3 Å². The summed E-state index contributed by atoms with van der Waals surface area (Å²) in [7, 11) is 0. The second kappa shape index (κ2) is 5.89. The van der Waals surface area contributed by atoms with Crippen LogP contribution in [0.2, 0.25) is 0 Å². The van der Waals surface area contributed by atoms with Gasteiger partial charge in [-0.3, -0.25) is 4.99 Å². The van der Waals surface area contributed by atoms with Crippen LogP contribution >= 0.6 is 0 Å². The van der Waals surface area contributed by atoms with Gasteiger partial charge in [0.25, 0.3) is 0 Å². The minimum absolute atomic E-state index is 0.0590. The van der Waals surface area contributed by atoms with E-state index in [9.17, 15) is 4.39 Å². The van der Waals surface area contributed by atoms with Gasteiger partial charge in [-0.2, -0.15) is 0 Å². The lowest BCUT2D eigenvalue weighted by atomic mass is 9.87. The number of ether oxygens (including phenoxy) is 1. The van der Waals surface area contributed by atoms with E-state index in [-0.39, 0.29) is 11.4 Å². The first-order chi connectivity index (χ1) is 9.78. The van der Waals surface area contributed by atoms with Crippen molar-refractivity contribution >= 4 is 5.84 Å². The Balaban J connectivity index is 1.68. The van der Waals surface area contributed by atoms with E-state index in [1.54, 1.807) is 12.1 Å². The average molecular weight is 277 g/mol. The summed E-state index contributed by atoms with van der Waals surface area (Å²) in [5, 5.41) is 7.02. The first kappa shape index (κ1) is 13.5. The summed E-state index contributed by atoms with van der Waals surface area (Å²) in [5.41, 5.74) is 0.998. The van der Waals surface area contributed by atoms with Crippen LogP contribution in [0.25, 0.3) is 0 Å².